The van der Waals surface area contributed by atoms with Crippen LogP contribution >= 0.6 is 0 Å². The SMILES string of the molecule is Cc1ccc(C2=CC(Cc3cnc(C)cn3)(n3nnnc3C(C)(C)C)CC(C(N)=O)=C2)nc1. The van der Waals surface area contributed by atoms with Gasteiger partial charge in [0.25, 0.3) is 0 Å². The van der Waals surface area contributed by atoms with Gasteiger partial charge in [0.1, 0.15) is 0 Å². The highest BCUT2D eigenvalue weighted by Crippen LogP contribution is 2.40. The van der Waals surface area contributed by atoms with Gasteiger partial charge in [-0.3, -0.25) is 19.7 Å². The lowest BCUT2D eigenvalue weighted by molar-refractivity contribution is -0.114. The van der Waals surface area contributed by atoms with Gasteiger partial charge in [0.15, 0.2) is 5.82 Å². The minimum atomic E-state index is -0.822. The minimum absolute atomic E-state index is 0.321. The second-order valence-corrected chi connectivity index (χ2v) is 9.62. The largest absolute Gasteiger partial charge is 0.366 e. The molecule has 0 saturated heterocycles. The van der Waals surface area contributed by atoms with Crippen LogP contribution in [0, 0.1) is 13.8 Å². The molecule has 1 unspecified atom stereocenters. The van der Waals surface area contributed by atoms with E-state index in [0.717, 1.165) is 28.2 Å². The number of carbonyl (C=O) groups is 1. The maximum absolute atomic E-state index is 12.4. The van der Waals surface area contributed by atoms with E-state index in [2.05, 4.69) is 36.6 Å². The van der Waals surface area contributed by atoms with Crippen LogP contribution in [-0.4, -0.2) is 41.1 Å². The third-order valence-electron chi connectivity index (χ3n) is 5.66. The van der Waals surface area contributed by atoms with E-state index in [0.29, 0.717) is 24.2 Å². The number of hydrogen-bond acceptors (Lipinski definition) is 7. The number of tetrazole rings is 1. The van der Waals surface area contributed by atoms with E-state index in [4.69, 9.17) is 5.73 Å². The predicted molar refractivity (Wildman–Crippen MR) is 124 cm³/mol. The number of nitrogens with two attached hydrogens (primary N) is 1. The van der Waals surface area contributed by atoms with E-state index in [-0.39, 0.29) is 5.41 Å². The van der Waals surface area contributed by atoms with Gasteiger partial charge in [0.05, 0.1) is 22.6 Å². The minimum Gasteiger partial charge on any atom is -0.366 e. The summed E-state index contributed by atoms with van der Waals surface area (Å²) < 4.78 is 1.80. The van der Waals surface area contributed by atoms with Gasteiger partial charge in [-0.1, -0.05) is 26.8 Å². The van der Waals surface area contributed by atoms with Crippen molar-refractivity contribution in [2.24, 2.45) is 5.73 Å². The fraction of sp³-hybridized carbons (Fsp3) is 0.375. The maximum Gasteiger partial charge on any atom is 0.244 e. The van der Waals surface area contributed by atoms with E-state index < -0.39 is 11.4 Å². The number of aryl methyl sites for hydroxylation is 2. The molecule has 1 aliphatic rings. The molecule has 2 N–H and O–H groups in total. The lowest BCUT2D eigenvalue weighted by Gasteiger charge is -2.36. The van der Waals surface area contributed by atoms with Crippen LogP contribution in [0.3, 0.4) is 0 Å². The van der Waals surface area contributed by atoms with Crippen molar-refractivity contribution >= 4 is 11.5 Å². The van der Waals surface area contributed by atoms with Crippen LogP contribution in [0.4, 0.5) is 0 Å². The number of amides is 1. The van der Waals surface area contributed by atoms with Gasteiger partial charge in [0, 0.05) is 42.4 Å². The first-order valence-electron chi connectivity index (χ1n) is 10.8. The maximum atomic E-state index is 12.4. The zero-order valence-corrected chi connectivity index (χ0v) is 19.6. The quantitative estimate of drug-likeness (QED) is 0.641. The number of hydrogen-bond donors (Lipinski definition) is 1. The molecule has 4 rings (SSSR count). The molecular weight excluding hydrogens is 416 g/mol. The lowest BCUT2D eigenvalue weighted by atomic mass is 9.78. The highest BCUT2D eigenvalue weighted by atomic mass is 16.1. The highest BCUT2D eigenvalue weighted by Gasteiger charge is 2.41. The van der Waals surface area contributed by atoms with E-state index >= 15 is 0 Å². The fourth-order valence-electron chi connectivity index (χ4n) is 4.00. The summed E-state index contributed by atoms with van der Waals surface area (Å²) in [5, 5.41) is 12.7. The summed E-state index contributed by atoms with van der Waals surface area (Å²) in [6.07, 6.45) is 9.90. The van der Waals surface area contributed by atoms with Crippen LogP contribution in [0.25, 0.3) is 5.57 Å². The Kier molecular flexibility index (Phi) is 5.65. The Hall–Kier alpha value is -3.75. The van der Waals surface area contributed by atoms with Crippen LogP contribution < -0.4 is 5.73 Å². The molecule has 3 aromatic rings. The Morgan fingerprint density at radius 2 is 1.91 bits per heavy atom. The monoisotopic (exact) mass is 444 g/mol. The molecule has 0 bridgehead atoms. The van der Waals surface area contributed by atoms with Crippen LogP contribution in [-0.2, 0) is 22.2 Å². The summed E-state index contributed by atoms with van der Waals surface area (Å²) in [4.78, 5) is 26.0. The molecule has 0 saturated carbocycles. The second kappa shape index (κ2) is 8.31. The van der Waals surface area contributed by atoms with Crippen molar-refractivity contribution in [2.75, 3.05) is 0 Å². The topological polar surface area (TPSA) is 125 Å². The Balaban J connectivity index is 1.95. The molecule has 9 nitrogen and oxygen atoms in total. The number of allylic oxidation sites excluding steroid dienone is 3. The van der Waals surface area contributed by atoms with Gasteiger partial charge in [-0.15, -0.1) is 5.10 Å². The number of carbonyl (C=O) groups excluding carboxylic acids is 1. The van der Waals surface area contributed by atoms with Gasteiger partial charge < -0.3 is 5.73 Å². The molecule has 0 radical (unpaired) electrons. The van der Waals surface area contributed by atoms with Gasteiger partial charge in [-0.2, -0.15) is 0 Å². The van der Waals surface area contributed by atoms with Gasteiger partial charge in [-0.25, -0.2) is 4.68 Å². The molecule has 3 heterocycles. The first-order valence-corrected chi connectivity index (χ1v) is 10.8. The second-order valence-electron chi connectivity index (χ2n) is 9.62. The van der Waals surface area contributed by atoms with Crippen molar-refractivity contribution in [2.45, 2.75) is 58.4 Å². The van der Waals surface area contributed by atoms with E-state index in [9.17, 15) is 4.79 Å². The Bertz CT molecular complexity index is 1230. The molecule has 0 spiro atoms. The van der Waals surface area contributed by atoms with Gasteiger partial charge >= 0.3 is 0 Å². The van der Waals surface area contributed by atoms with Crippen molar-refractivity contribution < 1.29 is 4.79 Å². The Morgan fingerprint density at radius 1 is 1.12 bits per heavy atom. The zero-order valence-electron chi connectivity index (χ0n) is 19.6. The summed E-state index contributed by atoms with van der Waals surface area (Å²) in [7, 11) is 0. The number of pyridine rings is 1. The Labute approximate surface area is 192 Å². The molecule has 33 heavy (non-hydrogen) atoms. The standard InChI is InChI=1S/C24H28N8O/c1-15-6-7-20(28-12-15)17-8-18(21(25)33)10-24(9-17,11-19-14-26-16(2)13-27-19)32-22(23(3,4)5)29-30-31-32/h6-9,12-14H,10-11H2,1-5H3,(H2,25,33). The van der Waals surface area contributed by atoms with Crippen molar-refractivity contribution in [3.8, 4) is 0 Å². The third-order valence-corrected chi connectivity index (χ3v) is 5.66. The average Bonchev–Trinajstić information content (AvgIpc) is 3.27. The molecule has 170 valence electrons. The molecular formula is C24H28N8O. The zero-order chi connectivity index (χ0) is 23.8. The smallest absolute Gasteiger partial charge is 0.244 e. The molecule has 0 aromatic carbocycles. The van der Waals surface area contributed by atoms with Crippen LogP contribution in [0.5, 0.6) is 0 Å². The van der Waals surface area contributed by atoms with Crippen LogP contribution in [0.2, 0.25) is 0 Å². The number of rotatable bonds is 5. The van der Waals surface area contributed by atoms with Crippen LogP contribution in [0.15, 0.2) is 48.4 Å². The highest BCUT2D eigenvalue weighted by molar-refractivity contribution is 5.96. The summed E-state index contributed by atoms with van der Waals surface area (Å²) >= 11 is 0. The third kappa shape index (κ3) is 4.57. The van der Waals surface area contributed by atoms with Crippen molar-refractivity contribution in [1.82, 2.24) is 35.2 Å². The fourth-order valence-corrected chi connectivity index (χ4v) is 4.00. The molecule has 9 heteroatoms. The molecule has 1 aliphatic carbocycles. The first kappa shape index (κ1) is 22.4. The molecule has 3 aromatic heterocycles. The summed E-state index contributed by atoms with van der Waals surface area (Å²) in [6.45, 7) is 10.0. The van der Waals surface area contributed by atoms with Crippen molar-refractivity contribution in [1.29, 1.82) is 0 Å². The number of nitrogens with zero attached hydrogens (tertiary/aromatic N) is 7. The van der Waals surface area contributed by atoms with E-state index in [1.54, 1.807) is 29.3 Å². The molecule has 0 fully saturated rings. The molecule has 0 aliphatic heterocycles. The van der Waals surface area contributed by atoms with E-state index in [1.807, 2.05) is 46.8 Å². The van der Waals surface area contributed by atoms with Gasteiger partial charge in [0.2, 0.25) is 5.91 Å². The molecule has 1 atom stereocenters. The predicted octanol–water partition coefficient (Wildman–Crippen LogP) is 2.61. The van der Waals surface area contributed by atoms with Crippen molar-refractivity contribution in [3.63, 3.8) is 0 Å². The van der Waals surface area contributed by atoms with Crippen molar-refractivity contribution in [3.05, 3.63) is 76.9 Å². The first-order chi connectivity index (χ1) is 15.6. The molecule has 1 amide bonds. The summed E-state index contributed by atoms with van der Waals surface area (Å²) in [5.74, 6) is 0.207. The summed E-state index contributed by atoms with van der Waals surface area (Å²) in [6, 6.07) is 3.92. The normalized spacial score (nSPS) is 18.6. The van der Waals surface area contributed by atoms with E-state index in [1.165, 1.54) is 0 Å². The summed E-state index contributed by atoms with van der Waals surface area (Å²) in [5.41, 5.74) is 9.27. The van der Waals surface area contributed by atoms with Gasteiger partial charge in [-0.05, 0) is 53.6 Å². The van der Waals surface area contributed by atoms with Crippen LogP contribution in [0.1, 0.15) is 55.7 Å². The average molecular weight is 445 g/mol. The number of aromatic nitrogens is 7. The lowest BCUT2D eigenvalue weighted by Crippen LogP contribution is -2.42. The number of primary amides is 1. The Morgan fingerprint density at radius 3 is 2.52 bits per heavy atom.